The minimum absolute atomic E-state index is 0.181. The summed E-state index contributed by atoms with van der Waals surface area (Å²) in [4.78, 5) is 0. The van der Waals surface area contributed by atoms with Gasteiger partial charge in [0.2, 0.25) is 0 Å². The van der Waals surface area contributed by atoms with Gasteiger partial charge >= 0.3 is 0 Å². The van der Waals surface area contributed by atoms with Crippen LogP contribution in [0.2, 0.25) is 0 Å². The molecule has 0 heterocycles. The van der Waals surface area contributed by atoms with Crippen molar-refractivity contribution in [3.05, 3.63) is 0 Å². The molecule has 0 aliphatic carbocycles. The molecule has 1 unspecified atom stereocenters. The Kier molecular flexibility index (Phi) is 16.5. The van der Waals surface area contributed by atoms with Gasteiger partial charge in [0.05, 0.1) is 6.61 Å². The highest BCUT2D eigenvalue weighted by atomic mass is 16.3. The number of rotatable bonds is 16. The van der Waals surface area contributed by atoms with Crippen molar-refractivity contribution in [3.63, 3.8) is 0 Å². The first-order valence-electron chi connectivity index (χ1n) is 7.68. The number of nitrogens with one attached hydrogen (secondary N) is 5. The Hall–Kier alpha value is -0.280. The molecule has 7 heteroatoms. The van der Waals surface area contributed by atoms with E-state index in [1.54, 1.807) is 0 Å². The van der Waals surface area contributed by atoms with Crippen molar-refractivity contribution in [2.45, 2.75) is 13.0 Å². The smallest absolute Gasteiger partial charge is 0.0581 e. The summed E-state index contributed by atoms with van der Waals surface area (Å²) < 4.78 is 0. The lowest BCUT2D eigenvalue weighted by Crippen LogP contribution is -2.38. The minimum atomic E-state index is 0.181. The van der Waals surface area contributed by atoms with Gasteiger partial charge < -0.3 is 37.4 Å². The number of aliphatic hydroxyl groups is 1. The number of aliphatic hydroxyl groups excluding tert-OH is 1. The van der Waals surface area contributed by atoms with Crippen LogP contribution in [0.5, 0.6) is 0 Å². The zero-order valence-electron chi connectivity index (χ0n) is 12.9. The molecule has 0 spiro atoms. The molecule has 0 bridgehead atoms. The first-order valence-corrected chi connectivity index (χ1v) is 7.68. The summed E-state index contributed by atoms with van der Waals surface area (Å²) in [6, 6.07) is 0.181. The third-order valence-corrected chi connectivity index (χ3v) is 2.83. The minimum Gasteiger partial charge on any atom is -0.395 e. The molecule has 0 amide bonds. The molecule has 0 aromatic rings. The molecule has 8 N–H and O–H groups in total. The highest BCUT2D eigenvalue weighted by Gasteiger charge is 1.96. The maximum atomic E-state index is 8.83. The Morgan fingerprint density at radius 1 is 0.750 bits per heavy atom. The topological polar surface area (TPSA) is 106 Å². The molecule has 0 saturated heterocycles. The van der Waals surface area contributed by atoms with Crippen LogP contribution in [0.25, 0.3) is 0 Å². The maximum Gasteiger partial charge on any atom is 0.0581 e. The van der Waals surface area contributed by atoms with Crippen molar-refractivity contribution in [1.29, 1.82) is 0 Å². The average Bonchev–Trinajstić information content (AvgIpc) is 2.47. The van der Waals surface area contributed by atoms with E-state index in [2.05, 4.69) is 26.6 Å². The van der Waals surface area contributed by atoms with Crippen molar-refractivity contribution in [3.8, 4) is 0 Å². The maximum absolute atomic E-state index is 8.83. The molecule has 0 fully saturated rings. The lowest BCUT2D eigenvalue weighted by Gasteiger charge is -2.11. The van der Waals surface area contributed by atoms with E-state index in [0.717, 1.165) is 58.9 Å². The molecule has 0 rings (SSSR count). The molecule has 0 aromatic carbocycles. The SMILES string of the molecule is CC(CO)NCCNCCNCCNCCNCCN. The first kappa shape index (κ1) is 19.7. The molecule has 122 valence electrons. The van der Waals surface area contributed by atoms with Gasteiger partial charge in [-0.3, -0.25) is 0 Å². The zero-order valence-corrected chi connectivity index (χ0v) is 12.9. The van der Waals surface area contributed by atoms with Crippen LogP contribution in [0.3, 0.4) is 0 Å². The summed E-state index contributed by atoms with van der Waals surface area (Å²) in [5.74, 6) is 0. The quantitative estimate of drug-likeness (QED) is 0.155. The Labute approximate surface area is 123 Å². The van der Waals surface area contributed by atoms with Gasteiger partial charge in [-0.1, -0.05) is 0 Å². The van der Waals surface area contributed by atoms with Gasteiger partial charge in [0.15, 0.2) is 0 Å². The van der Waals surface area contributed by atoms with Crippen molar-refractivity contribution >= 4 is 0 Å². The van der Waals surface area contributed by atoms with E-state index in [-0.39, 0.29) is 12.6 Å². The van der Waals surface area contributed by atoms with Gasteiger partial charge in [0.1, 0.15) is 0 Å². The molecule has 0 saturated carbocycles. The van der Waals surface area contributed by atoms with Crippen LogP contribution in [0.15, 0.2) is 0 Å². The van der Waals surface area contributed by atoms with Crippen LogP contribution in [0.4, 0.5) is 0 Å². The molecule has 20 heavy (non-hydrogen) atoms. The van der Waals surface area contributed by atoms with Gasteiger partial charge in [-0.25, -0.2) is 0 Å². The van der Waals surface area contributed by atoms with Gasteiger partial charge in [-0.05, 0) is 6.92 Å². The molecule has 0 radical (unpaired) electrons. The fraction of sp³-hybridized carbons (Fsp3) is 1.00. The third-order valence-electron chi connectivity index (χ3n) is 2.83. The van der Waals surface area contributed by atoms with Crippen LogP contribution in [-0.2, 0) is 0 Å². The van der Waals surface area contributed by atoms with Crippen molar-refractivity contribution in [2.24, 2.45) is 5.73 Å². The zero-order chi connectivity index (χ0) is 14.9. The largest absolute Gasteiger partial charge is 0.395 e. The van der Waals surface area contributed by atoms with Crippen molar-refractivity contribution < 1.29 is 5.11 Å². The Morgan fingerprint density at radius 2 is 1.15 bits per heavy atom. The van der Waals surface area contributed by atoms with Crippen LogP contribution in [0.1, 0.15) is 6.92 Å². The molecule has 1 atom stereocenters. The fourth-order valence-corrected chi connectivity index (χ4v) is 1.60. The Bertz CT molecular complexity index is 184. The van der Waals surface area contributed by atoms with Crippen LogP contribution >= 0.6 is 0 Å². The van der Waals surface area contributed by atoms with E-state index in [9.17, 15) is 0 Å². The average molecular weight is 290 g/mol. The van der Waals surface area contributed by atoms with Gasteiger partial charge in [-0.15, -0.1) is 0 Å². The number of nitrogens with two attached hydrogens (primary N) is 1. The van der Waals surface area contributed by atoms with E-state index >= 15 is 0 Å². The van der Waals surface area contributed by atoms with Crippen molar-refractivity contribution in [2.75, 3.05) is 72.1 Å². The van der Waals surface area contributed by atoms with Crippen LogP contribution < -0.4 is 32.3 Å². The van der Waals surface area contributed by atoms with Gasteiger partial charge in [0.25, 0.3) is 0 Å². The second-order valence-electron chi connectivity index (χ2n) is 4.83. The third kappa shape index (κ3) is 15.8. The monoisotopic (exact) mass is 290 g/mol. The van der Waals surface area contributed by atoms with E-state index in [1.165, 1.54) is 0 Å². The summed E-state index contributed by atoms with van der Waals surface area (Å²) in [6.45, 7) is 11.4. The van der Waals surface area contributed by atoms with Crippen LogP contribution in [0, 0.1) is 0 Å². The normalized spacial score (nSPS) is 12.8. The summed E-state index contributed by atoms with van der Waals surface area (Å²) in [7, 11) is 0. The van der Waals surface area contributed by atoms with Crippen molar-refractivity contribution in [1.82, 2.24) is 26.6 Å². The van der Waals surface area contributed by atoms with E-state index < -0.39 is 0 Å². The Morgan fingerprint density at radius 3 is 1.55 bits per heavy atom. The molecule has 0 aliphatic heterocycles. The fourth-order valence-electron chi connectivity index (χ4n) is 1.60. The molecule has 0 aliphatic rings. The van der Waals surface area contributed by atoms with Crippen LogP contribution in [-0.4, -0.2) is 83.2 Å². The second-order valence-corrected chi connectivity index (χ2v) is 4.83. The number of hydrogen-bond acceptors (Lipinski definition) is 7. The van der Waals surface area contributed by atoms with Gasteiger partial charge in [0, 0.05) is 71.5 Å². The van der Waals surface area contributed by atoms with E-state index in [4.69, 9.17) is 10.8 Å². The Balaban J connectivity index is 2.96. The van der Waals surface area contributed by atoms with E-state index in [0.29, 0.717) is 6.54 Å². The first-order chi connectivity index (χ1) is 9.81. The lowest BCUT2D eigenvalue weighted by atomic mass is 10.3. The standard InChI is InChI=1S/C13H34N6O/c1-13(12-20)19-11-10-18-9-8-17-7-6-16-5-4-15-3-2-14/h13,15-20H,2-12,14H2,1H3. The molecular formula is C13H34N6O. The lowest BCUT2D eigenvalue weighted by molar-refractivity contribution is 0.252. The van der Waals surface area contributed by atoms with E-state index in [1.807, 2.05) is 6.92 Å². The molecular weight excluding hydrogens is 256 g/mol. The predicted octanol–water partition coefficient (Wildman–Crippen LogP) is -2.73. The predicted molar refractivity (Wildman–Crippen MR) is 85.1 cm³/mol. The summed E-state index contributed by atoms with van der Waals surface area (Å²) in [5.41, 5.74) is 5.38. The highest BCUT2D eigenvalue weighted by molar-refractivity contribution is 4.60. The number of hydrogen-bond donors (Lipinski definition) is 7. The summed E-state index contributed by atoms with van der Waals surface area (Å²) in [5, 5.41) is 25.4. The van der Waals surface area contributed by atoms with Gasteiger partial charge in [-0.2, -0.15) is 0 Å². The summed E-state index contributed by atoms with van der Waals surface area (Å²) in [6.07, 6.45) is 0. The molecule has 0 aromatic heterocycles. The highest BCUT2D eigenvalue weighted by Crippen LogP contribution is 1.74. The summed E-state index contributed by atoms with van der Waals surface area (Å²) >= 11 is 0. The second kappa shape index (κ2) is 16.8. The molecule has 7 nitrogen and oxygen atoms in total.